The predicted octanol–water partition coefficient (Wildman–Crippen LogP) is 3.32. The molecule has 0 N–H and O–H groups in total. The first kappa shape index (κ1) is 8.41. The molecule has 58 valence electrons. The van der Waals surface area contributed by atoms with Crippen LogP contribution in [0.15, 0.2) is 30.8 Å². The quantitative estimate of drug-likeness (QED) is 0.637. The fourth-order valence-corrected chi connectivity index (χ4v) is 1.08. The monoisotopic (exact) mass is 164 g/mol. The number of thiol groups is 1. The van der Waals surface area contributed by atoms with Crippen molar-refractivity contribution in [2.75, 3.05) is 0 Å². The minimum absolute atomic E-state index is 0.314. The lowest BCUT2D eigenvalue weighted by atomic mass is 10.1. The van der Waals surface area contributed by atoms with Gasteiger partial charge in [-0.3, -0.25) is 0 Å². The fraction of sp³-hybridized carbons (Fsp3) is 0.200. The second-order valence-electron chi connectivity index (χ2n) is 2.55. The van der Waals surface area contributed by atoms with Gasteiger partial charge in [-0.05, 0) is 18.1 Å². The molecule has 0 aliphatic rings. The highest BCUT2D eigenvalue weighted by atomic mass is 32.1. The van der Waals surface area contributed by atoms with Gasteiger partial charge in [0.15, 0.2) is 0 Å². The summed E-state index contributed by atoms with van der Waals surface area (Å²) in [5.74, 6) is 0. The van der Waals surface area contributed by atoms with E-state index in [1.165, 1.54) is 5.56 Å². The van der Waals surface area contributed by atoms with E-state index >= 15 is 0 Å². The highest BCUT2D eigenvalue weighted by Gasteiger charge is 1.96. The van der Waals surface area contributed by atoms with Gasteiger partial charge >= 0.3 is 0 Å². The molecule has 0 heterocycles. The van der Waals surface area contributed by atoms with Crippen LogP contribution in [0.5, 0.6) is 0 Å². The van der Waals surface area contributed by atoms with Crippen molar-refractivity contribution in [3.8, 4) is 0 Å². The van der Waals surface area contributed by atoms with Crippen molar-refractivity contribution in [1.82, 2.24) is 0 Å². The van der Waals surface area contributed by atoms with E-state index in [1.807, 2.05) is 6.08 Å². The Kier molecular flexibility index (Phi) is 2.77. The highest BCUT2D eigenvalue weighted by molar-refractivity contribution is 7.80. The van der Waals surface area contributed by atoms with Crippen LogP contribution < -0.4 is 0 Å². The van der Waals surface area contributed by atoms with E-state index in [2.05, 4.69) is 50.4 Å². The summed E-state index contributed by atoms with van der Waals surface area (Å²) in [7, 11) is 0. The van der Waals surface area contributed by atoms with Gasteiger partial charge < -0.3 is 0 Å². The molecule has 0 aliphatic heterocycles. The molecule has 1 heteroatoms. The van der Waals surface area contributed by atoms with Crippen molar-refractivity contribution >= 4 is 18.7 Å². The van der Waals surface area contributed by atoms with Crippen LogP contribution in [0, 0.1) is 0 Å². The van der Waals surface area contributed by atoms with Crippen molar-refractivity contribution in [3.63, 3.8) is 0 Å². The van der Waals surface area contributed by atoms with Crippen LogP contribution in [-0.2, 0) is 0 Å². The second kappa shape index (κ2) is 3.63. The molecule has 1 rings (SSSR count). The Morgan fingerprint density at radius 1 is 1.36 bits per heavy atom. The summed E-state index contributed by atoms with van der Waals surface area (Å²) in [6.45, 7) is 5.75. The Morgan fingerprint density at radius 2 is 1.91 bits per heavy atom. The summed E-state index contributed by atoms with van der Waals surface area (Å²) in [5, 5.41) is 0.314. The molecule has 0 nitrogen and oxygen atoms in total. The minimum Gasteiger partial charge on any atom is -0.171 e. The smallest absolute Gasteiger partial charge is 0.0238 e. The maximum atomic E-state index is 4.33. The molecule has 1 atom stereocenters. The third-order valence-electron chi connectivity index (χ3n) is 1.65. The van der Waals surface area contributed by atoms with Crippen molar-refractivity contribution in [3.05, 3.63) is 42.0 Å². The Labute approximate surface area is 73.4 Å². The molecule has 0 aromatic heterocycles. The van der Waals surface area contributed by atoms with Crippen molar-refractivity contribution < 1.29 is 0 Å². The van der Waals surface area contributed by atoms with Gasteiger partial charge in [-0.15, -0.1) is 0 Å². The van der Waals surface area contributed by atoms with E-state index < -0.39 is 0 Å². The zero-order valence-corrected chi connectivity index (χ0v) is 7.51. The van der Waals surface area contributed by atoms with Crippen molar-refractivity contribution in [2.24, 2.45) is 0 Å². The number of benzene rings is 1. The van der Waals surface area contributed by atoms with Crippen LogP contribution >= 0.6 is 12.6 Å². The molecule has 1 aromatic carbocycles. The van der Waals surface area contributed by atoms with Crippen molar-refractivity contribution in [2.45, 2.75) is 12.2 Å². The van der Waals surface area contributed by atoms with Crippen LogP contribution in [0.25, 0.3) is 6.08 Å². The average molecular weight is 164 g/mol. The zero-order valence-electron chi connectivity index (χ0n) is 6.62. The molecule has 0 radical (unpaired) electrons. The molecule has 0 amide bonds. The molecule has 0 fully saturated rings. The lowest BCUT2D eigenvalue weighted by Crippen LogP contribution is -1.82. The van der Waals surface area contributed by atoms with E-state index in [4.69, 9.17) is 0 Å². The summed E-state index contributed by atoms with van der Waals surface area (Å²) >= 11 is 4.33. The van der Waals surface area contributed by atoms with Gasteiger partial charge in [0.05, 0.1) is 0 Å². The van der Waals surface area contributed by atoms with Crippen LogP contribution in [0.3, 0.4) is 0 Å². The van der Waals surface area contributed by atoms with E-state index in [1.54, 1.807) is 0 Å². The van der Waals surface area contributed by atoms with E-state index in [9.17, 15) is 0 Å². The fourth-order valence-electron chi connectivity index (χ4n) is 0.911. The Bertz CT molecular complexity index is 234. The number of hydrogen-bond donors (Lipinski definition) is 1. The number of hydrogen-bond acceptors (Lipinski definition) is 1. The van der Waals surface area contributed by atoms with Crippen molar-refractivity contribution in [1.29, 1.82) is 0 Å². The third-order valence-corrected chi connectivity index (χ3v) is 1.95. The Morgan fingerprint density at radius 3 is 2.27 bits per heavy atom. The lowest BCUT2D eigenvalue weighted by molar-refractivity contribution is 1.11. The van der Waals surface area contributed by atoms with Gasteiger partial charge in [-0.2, -0.15) is 12.6 Å². The van der Waals surface area contributed by atoms with Crippen LogP contribution in [-0.4, -0.2) is 0 Å². The predicted molar refractivity (Wildman–Crippen MR) is 53.9 cm³/mol. The van der Waals surface area contributed by atoms with Gasteiger partial charge in [0.1, 0.15) is 0 Å². The van der Waals surface area contributed by atoms with E-state index in [0.717, 1.165) is 5.56 Å². The van der Waals surface area contributed by atoms with Gasteiger partial charge in [0.2, 0.25) is 0 Å². The maximum Gasteiger partial charge on any atom is 0.0238 e. The van der Waals surface area contributed by atoms with E-state index in [0.29, 0.717) is 5.25 Å². The standard InChI is InChI=1S/C10H12S/c1-3-9-4-6-10(7-5-9)8(2)11/h3-8,11H,1H2,2H3. The van der Waals surface area contributed by atoms with E-state index in [-0.39, 0.29) is 0 Å². The first-order valence-corrected chi connectivity index (χ1v) is 4.16. The van der Waals surface area contributed by atoms with Crippen LogP contribution in [0.4, 0.5) is 0 Å². The zero-order chi connectivity index (χ0) is 8.27. The van der Waals surface area contributed by atoms with Crippen LogP contribution in [0.2, 0.25) is 0 Å². The summed E-state index contributed by atoms with van der Waals surface area (Å²) < 4.78 is 0. The molecule has 1 aromatic rings. The molecule has 0 aliphatic carbocycles. The topological polar surface area (TPSA) is 0 Å². The highest BCUT2D eigenvalue weighted by Crippen LogP contribution is 2.18. The summed E-state index contributed by atoms with van der Waals surface area (Å²) in [6.07, 6.45) is 1.84. The van der Waals surface area contributed by atoms with Gasteiger partial charge in [0.25, 0.3) is 0 Å². The summed E-state index contributed by atoms with van der Waals surface area (Å²) in [4.78, 5) is 0. The molecule has 0 bridgehead atoms. The molecule has 11 heavy (non-hydrogen) atoms. The maximum absolute atomic E-state index is 4.33. The largest absolute Gasteiger partial charge is 0.171 e. The molecular weight excluding hydrogens is 152 g/mol. The normalized spacial score (nSPS) is 12.5. The SMILES string of the molecule is C=Cc1ccc(C(C)S)cc1. The minimum atomic E-state index is 0.314. The molecule has 0 saturated carbocycles. The van der Waals surface area contributed by atoms with Crippen LogP contribution in [0.1, 0.15) is 23.3 Å². The van der Waals surface area contributed by atoms with Gasteiger partial charge in [0, 0.05) is 5.25 Å². The van der Waals surface area contributed by atoms with Gasteiger partial charge in [-0.25, -0.2) is 0 Å². The second-order valence-corrected chi connectivity index (χ2v) is 3.32. The Hall–Kier alpha value is -0.690. The lowest BCUT2D eigenvalue weighted by Gasteiger charge is -2.03. The van der Waals surface area contributed by atoms with Gasteiger partial charge in [-0.1, -0.05) is 36.9 Å². The number of rotatable bonds is 2. The first-order valence-electron chi connectivity index (χ1n) is 3.64. The molecule has 1 unspecified atom stereocenters. The summed E-state index contributed by atoms with van der Waals surface area (Å²) in [6, 6.07) is 8.26. The Balaban J connectivity index is 2.91. The average Bonchev–Trinajstić information content (AvgIpc) is 2.05. The molecular formula is C10H12S. The first-order chi connectivity index (χ1) is 5.24. The molecule has 0 spiro atoms. The third kappa shape index (κ3) is 2.12. The summed E-state index contributed by atoms with van der Waals surface area (Å²) in [5.41, 5.74) is 2.40. The molecule has 0 saturated heterocycles.